The van der Waals surface area contributed by atoms with Crippen LogP contribution < -0.4 is 10.1 Å². The van der Waals surface area contributed by atoms with Gasteiger partial charge < -0.3 is 10.1 Å². The zero-order valence-electron chi connectivity index (χ0n) is 16.3. The number of nitrogens with zero attached hydrogens (tertiary/aromatic N) is 3. The first-order valence-corrected chi connectivity index (χ1v) is 10.2. The summed E-state index contributed by atoms with van der Waals surface area (Å²) in [6, 6.07) is 26.7. The van der Waals surface area contributed by atoms with E-state index in [0.29, 0.717) is 10.9 Å². The van der Waals surface area contributed by atoms with Crippen molar-refractivity contribution in [1.29, 1.82) is 0 Å². The fraction of sp³-hybridized carbons (Fsp3) is 0.0870. The first-order valence-electron chi connectivity index (χ1n) is 9.37. The molecule has 0 spiro atoms. The van der Waals surface area contributed by atoms with Crippen LogP contribution in [-0.4, -0.2) is 27.8 Å². The molecule has 0 unspecified atom stereocenters. The number of hydrogen-bond acceptors (Lipinski definition) is 5. The number of nitrogens with one attached hydrogen (secondary N) is 1. The van der Waals surface area contributed by atoms with Crippen LogP contribution in [0.4, 0.5) is 5.69 Å². The summed E-state index contributed by atoms with van der Waals surface area (Å²) in [4.78, 5) is 13.2. The van der Waals surface area contributed by atoms with Crippen LogP contribution in [0.1, 0.15) is 10.8 Å². The molecule has 4 rings (SSSR count). The third-order valence-corrected chi connectivity index (χ3v) is 5.68. The smallest absolute Gasteiger partial charge is 0.242 e. The number of carbonyl (C=O) groups is 1. The van der Waals surface area contributed by atoms with Gasteiger partial charge in [-0.15, -0.1) is 10.2 Å². The predicted molar refractivity (Wildman–Crippen MR) is 118 cm³/mol. The Labute approximate surface area is 178 Å². The average molecular weight is 417 g/mol. The highest BCUT2D eigenvalue weighted by atomic mass is 32.2. The fourth-order valence-corrected chi connectivity index (χ4v) is 4.06. The van der Waals surface area contributed by atoms with Gasteiger partial charge in [0.05, 0.1) is 12.8 Å². The molecule has 1 N–H and O–H groups in total. The van der Waals surface area contributed by atoms with Gasteiger partial charge in [0, 0.05) is 5.69 Å². The summed E-state index contributed by atoms with van der Waals surface area (Å²) in [6.45, 7) is 0. The van der Waals surface area contributed by atoms with Gasteiger partial charge in [0.25, 0.3) is 0 Å². The molecule has 0 bridgehead atoms. The van der Waals surface area contributed by atoms with Crippen LogP contribution in [0.2, 0.25) is 0 Å². The Balaban J connectivity index is 1.67. The van der Waals surface area contributed by atoms with Gasteiger partial charge in [-0.1, -0.05) is 72.4 Å². The lowest BCUT2D eigenvalue weighted by Crippen LogP contribution is -2.19. The minimum atomic E-state index is -0.510. The van der Waals surface area contributed by atoms with Gasteiger partial charge in [-0.05, 0) is 29.8 Å². The molecule has 0 aliphatic carbocycles. The molecular formula is C23H20N4O2S. The van der Waals surface area contributed by atoms with E-state index in [4.69, 9.17) is 4.74 Å². The Morgan fingerprint density at radius 3 is 2.37 bits per heavy atom. The van der Waals surface area contributed by atoms with E-state index in [1.807, 2.05) is 89.5 Å². The summed E-state index contributed by atoms with van der Waals surface area (Å²) in [6.07, 6.45) is 1.62. The van der Waals surface area contributed by atoms with Crippen molar-refractivity contribution >= 4 is 23.4 Å². The lowest BCUT2D eigenvalue weighted by Gasteiger charge is -2.17. The number of methoxy groups -OCH3 is 1. The molecule has 0 aliphatic heterocycles. The number of carbonyl (C=O) groups excluding carboxylic acids is 1. The fourth-order valence-electron chi connectivity index (χ4n) is 3.03. The summed E-state index contributed by atoms with van der Waals surface area (Å²) >= 11 is 1.34. The number of para-hydroxylation sites is 3. The summed E-state index contributed by atoms with van der Waals surface area (Å²) in [5, 5.41) is 11.4. The number of amides is 1. The molecule has 0 saturated heterocycles. The van der Waals surface area contributed by atoms with E-state index < -0.39 is 5.25 Å². The van der Waals surface area contributed by atoms with Crippen LogP contribution >= 0.6 is 11.8 Å². The Morgan fingerprint density at radius 1 is 0.967 bits per heavy atom. The van der Waals surface area contributed by atoms with E-state index in [0.717, 1.165) is 16.9 Å². The number of aromatic nitrogens is 3. The molecule has 6 nitrogen and oxygen atoms in total. The van der Waals surface area contributed by atoms with Gasteiger partial charge >= 0.3 is 0 Å². The topological polar surface area (TPSA) is 69.0 Å². The van der Waals surface area contributed by atoms with Crippen molar-refractivity contribution < 1.29 is 9.53 Å². The van der Waals surface area contributed by atoms with E-state index in [1.165, 1.54) is 11.8 Å². The molecule has 0 fully saturated rings. The zero-order valence-corrected chi connectivity index (χ0v) is 17.1. The van der Waals surface area contributed by atoms with Crippen LogP contribution in [0.3, 0.4) is 0 Å². The normalized spacial score (nSPS) is 11.6. The third kappa shape index (κ3) is 4.36. The molecule has 150 valence electrons. The molecule has 1 atom stereocenters. The van der Waals surface area contributed by atoms with Gasteiger partial charge in [-0.2, -0.15) is 0 Å². The highest BCUT2D eigenvalue weighted by Gasteiger charge is 2.25. The molecule has 7 heteroatoms. The molecule has 30 heavy (non-hydrogen) atoms. The number of benzene rings is 3. The second kappa shape index (κ2) is 9.28. The summed E-state index contributed by atoms with van der Waals surface area (Å²) < 4.78 is 7.30. The van der Waals surface area contributed by atoms with Crippen molar-refractivity contribution in [3.8, 4) is 11.4 Å². The summed E-state index contributed by atoms with van der Waals surface area (Å²) in [5.74, 6) is 0.566. The Kier molecular flexibility index (Phi) is 6.10. The van der Waals surface area contributed by atoms with E-state index in [9.17, 15) is 4.79 Å². The number of thioether (sulfide) groups is 1. The molecule has 4 aromatic rings. The highest BCUT2D eigenvalue weighted by molar-refractivity contribution is 8.00. The number of rotatable bonds is 7. The lowest BCUT2D eigenvalue weighted by atomic mass is 10.1. The molecule has 1 aromatic heterocycles. The van der Waals surface area contributed by atoms with Crippen LogP contribution in [0, 0.1) is 0 Å². The Bertz CT molecular complexity index is 1120. The van der Waals surface area contributed by atoms with E-state index in [2.05, 4.69) is 15.5 Å². The van der Waals surface area contributed by atoms with E-state index in [1.54, 1.807) is 13.4 Å². The maximum absolute atomic E-state index is 13.2. The van der Waals surface area contributed by atoms with Gasteiger partial charge in [0.2, 0.25) is 5.91 Å². The van der Waals surface area contributed by atoms with Gasteiger partial charge in [-0.3, -0.25) is 9.36 Å². The Hall–Kier alpha value is -3.58. The first-order chi connectivity index (χ1) is 14.8. The van der Waals surface area contributed by atoms with Gasteiger partial charge in [0.15, 0.2) is 5.16 Å². The molecule has 0 aliphatic rings. The molecule has 0 radical (unpaired) electrons. The van der Waals surface area contributed by atoms with Crippen molar-refractivity contribution in [2.75, 3.05) is 12.4 Å². The number of anilines is 1. The van der Waals surface area contributed by atoms with E-state index in [-0.39, 0.29) is 5.91 Å². The molecule has 1 heterocycles. The second-order valence-electron chi connectivity index (χ2n) is 6.42. The van der Waals surface area contributed by atoms with Crippen molar-refractivity contribution in [3.63, 3.8) is 0 Å². The predicted octanol–water partition coefficient (Wildman–Crippen LogP) is 4.75. The van der Waals surface area contributed by atoms with Crippen LogP contribution in [0.5, 0.6) is 5.75 Å². The minimum absolute atomic E-state index is 0.132. The van der Waals surface area contributed by atoms with Gasteiger partial charge in [0.1, 0.15) is 17.3 Å². The van der Waals surface area contributed by atoms with E-state index >= 15 is 0 Å². The first kappa shape index (κ1) is 19.7. The number of hydrogen-bond donors (Lipinski definition) is 1. The van der Waals surface area contributed by atoms with Crippen LogP contribution in [0.25, 0.3) is 5.69 Å². The largest absolute Gasteiger partial charge is 0.495 e. The third-order valence-electron chi connectivity index (χ3n) is 4.47. The summed E-state index contributed by atoms with van der Waals surface area (Å²) in [7, 11) is 1.62. The quantitative estimate of drug-likeness (QED) is 0.441. The second-order valence-corrected chi connectivity index (χ2v) is 7.49. The maximum Gasteiger partial charge on any atom is 0.242 e. The monoisotopic (exact) mass is 416 g/mol. The lowest BCUT2D eigenvalue weighted by molar-refractivity contribution is -0.115. The molecular weight excluding hydrogens is 396 g/mol. The van der Waals surface area contributed by atoms with Crippen molar-refractivity contribution in [3.05, 3.63) is 96.8 Å². The van der Waals surface area contributed by atoms with Crippen molar-refractivity contribution in [2.24, 2.45) is 0 Å². The Morgan fingerprint density at radius 2 is 1.63 bits per heavy atom. The number of ether oxygens (including phenoxy) is 1. The molecule has 1 amide bonds. The SMILES string of the molecule is COc1ccccc1-n1cnnc1S[C@H](C(=O)Nc1ccccc1)c1ccccc1. The minimum Gasteiger partial charge on any atom is -0.495 e. The molecule has 3 aromatic carbocycles. The average Bonchev–Trinajstić information content (AvgIpc) is 3.26. The summed E-state index contributed by atoms with van der Waals surface area (Å²) in [5.41, 5.74) is 2.43. The van der Waals surface area contributed by atoms with Crippen LogP contribution in [0.15, 0.2) is 96.4 Å². The zero-order chi connectivity index (χ0) is 20.8. The van der Waals surface area contributed by atoms with Crippen molar-refractivity contribution in [1.82, 2.24) is 14.8 Å². The highest BCUT2D eigenvalue weighted by Crippen LogP contribution is 2.37. The van der Waals surface area contributed by atoms with Crippen LogP contribution in [-0.2, 0) is 4.79 Å². The van der Waals surface area contributed by atoms with Crippen molar-refractivity contribution in [2.45, 2.75) is 10.4 Å². The standard InChI is InChI=1S/C23H20N4O2S/c1-29-20-15-9-8-14-19(20)27-16-24-26-23(27)30-21(17-10-4-2-5-11-17)22(28)25-18-12-6-3-7-13-18/h2-16,21H,1H3,(H,25,28)/t21-/m0/s1. The molecule has 0 saturated carbocycles. The van der Waals surface area contributed by atoms with Gasteiger partial charge in [-0.25, -0.2) is 0 Å². The maximum atomic E-state index is 13.2.